The SMILES string of the molecule is NCc1ccc(-n2cc(CCc3ccccc3)nn2)cc1. The fourth-order valence-electron chi connectivity index (χ4n) is 2.24. The Labute approximate surface area is 124 Å². The molecule has 0 aliphatic carbocycles. The largest absolute Gasteiger partial charge is 0.326 e. The Bertz CT molecular complexity index is 686. The van der Waals surface area contributed by atoms with Crippen LogP contribution >= 0.6 is 0 Å². The molecule has 1 heterocycles. The maximum absolute atomic E-state index is 5.60. The maximum atomic E-state index is 5.60. The number of benzene rings is 2. The zero-order chi connectivity index (χ0) is 14.5. The number of aryl methyl sites for hydroxylation is 2. The van der Waals surface area contributed by atoms with Crippen LogP contribution in [-0.2, 0) is 19.4 Å². The molecule has 2 aromatic carbocycles. The van der Waals surface area contributed by atoms with Gasteiger partial charge >= 0.3 is 0 Å². The van der Waals surface area contributed by atoms with Gasteiger partial charge in [0.15, 0.2) is 0 Å². The molecule has 0 aliphatic heterocycles. The van der Waals surface area contributed by atoms with Gasteiger partial charge in [0.2, 0.25) is 0 Å². The second-order valence-corrected chi connectivity index (χ2v) is 5.01. The van der Waals surface area contributed by atoms with Crippen LogP contribution in [0.15, 0.2) is 60.8 Å². The molecule has 0 spiro atoms. The molecule has 0 radical (unpaired) electrons. The average molecular weight is 278 g/mol. The Hall–Kier alpha value is -2.46. The minimum absolute atomic E-state index is 0.556. The molecule has 3 aromatic rings. The fraction of sp³-hybridized carbons (Fsp3) is 0.176. The zero-order valence-electron chi connectivity index (χ0n) is 11.8. The normalized spacial score (nSPS) is 10.7. The number of nitrogens with zero attached hydrogens (tertiary/aromatic N) is 3. The van der Waals surface area contributed by atoms with E-state index in [1.54, 1.807) is 4.68 Å². The van der Waals surface area contributed by atoms with E-state index >= 15 is 0 Å². The van der Waals surface area contributed by atoms with E-state index < -0.39 is 0 Å². The summed E-state index contributed by atoms with van der Waals surface area (Å²) in [4.78, 5) is 0. The van der Waals surface area contributed by atoms with E-state index in [9.17, 15) is 0 Å². The second kappa shape index (κ2) is 6.33. The van der Waals surface area contributed by atoms with Crippen molar-refractivity contribution in [3.8, 4) is 5.69 Å². The third-order valence-electron chi connectivity index (χ3n) is 3.49. The van der Waals surface area contributed by atoms with E-state index in [1.807, 2.05) is 36.5 Å². The van der Waals surface area contributed by atoms with Crippen molar-refractivity contribution in [3.63, 3.8) is 0 Å². The first kappa shape index (κ1) is 13.5. The molecule has 0 unspecified atom stereocenters. The predicted octanol–water partition coefficient (Wildman–Crippen LogP) is 2.51. The van der Waals surface area contributed by atoms with Crippen LogP contribution in [0.3, 0.4) is 0 Å². The third kappa shape index (κ3) is 3.35. The van der Waals surface area contributed by atoms with Gasteiger partial charge in [0.1, 0.15) is 0 Å². The second-order valence-electron chi connectivity index (χ2n) is 5.01. The van der Waals surface area contributed by atoms with E-state index in [0.29, 0.717) is 6.54 Å². The van der Waals surface area contributed by atoms with Crippen LogP contribution in [-0.4, -0.2) is 15.0 Å². The van der Waals surface area contributed by atoms with Crippen molar-refractivity contribution in [2.45, 2.75) is 19.4 Å². The summed E-state index contributed by atoms with van der Waals surface area (Å²) in [5.41, 5.74) is 10.0. The Morgan fingerprint density at radius 2 is 1.62 bits per heavy atom. The Morgan fingerprint density at radius 3 is 2.33 bits per heavy atom. The first-order valence-electron chi connectivity index (χ1n) is 7.10. The lowest BCUT2D eigenvalue weighted by Gasteiger charge is -2.01. The lowest BCUT2D eigenvalue weighted by Crippen LogP contribution is -1.98. The van der Waals surface area contributed by atoms with Crippen molar-refractivity contribution in [1.29, 1.82) is 0 Å². The van der Waals surface area contributed by atoms with Gasteiger partial charge in [-0.05, 0) is 36.1 Å². The van der Waals surface area contributed by atoms with Crippen LogP contribution in [0.2, 0.25) is 0 Å². The molecule has 2 N–H and O–H groups in total. The van der Waals surface area contributed by atoms with Crippen molar-refractivity contribution in [1.82, 2.24) is 15.0 Å². The molecular formula is C17H18N4. The lowest BCUT2D eigenvalue weighted by atomic mass is 10.1. The first-order valence-corrected chi connectivity index (χ1v) is 7.10. The summed E-state index contributed by atoms with van der Waals surface area (Å²) >= 11 is 0. The molecular weight excluding hydrogens is 260 g/mol. The number of rotatable bonds is 5. The van der Waals surface area contributed by atoms with Gasteiger partial charge in [0, 0.05) is 6.54 Å². The third-order valence-corrected chi connectivity index (χ3v) is 3.49. The highest BCUT2D eigenvalue weighted by atomic mass is 15.4. The molecule has 0 amide bonds. The summed E-state index contributed by atoms with van der Waals surface area (Å²) < 4.78 is 1.81. The van der Waals surface area contributed by atoms with Gasteiger partial charge in [-0.25, -0.2) is 4.68 Å². The van der Waals surface area contributed by atoms with Crippen molar-refractivity contribution in [2.75, 3.05) is 0 Å². The molecule has 4 heteroatoms. The Morgan fingerprint density at radius 1 is 0.857 bits per heavy atom. The minimum atomic E-state index is 0.556. The van der Waals surface area contributed by atoms with Crippen molar-refractivity contribution < 1.29 is 0 Å². The number of hydrogen-bond acceptors (Lipinski definition) is 3. The van der Waals surface area contributed by atoms with Gasteiger partial charge in [-0.2, -0.15) is 0 Å². The minimum Gasteiger partial charge on any atom is -0.326 e. The molecule has 0 atom stereocenters. The number of nitrogens with two attached hydrogens (primary N) is 1. The van der Waals surface area contributed by atoms with E-state index in [-0.39, 0.29) is 0 Å². The molecule has 1 aromatic heterocycles. The highest BCUT2D eigenvalue weighted by molar-refractivity contribution is 5.33. The summed E-state index contributed by atoms with van der Waals surface area (Å²) in [5.74, 6) is 0. The van der Waals surface area contributed by atoms with Crippen LogP contribution in [0.4, 0.5) is 0 Å². The molecule has 0 bridgehead atoms. The van der Waals surface area contributed by atoms with Crippen LogP contribution in [0.1, 0.15) is 16.8 Å². The van der Waals surface area contributed by atoms with E-state index in [4.69, 9.17) is 5.73 Å². The molecule has 106 valence electrons. The van der Waals surface area contributed by atoms with Gasteiger partial charge in [0.05, 0.1) is 17.6 Å². The molecule has 21 heavy (non-hydrogen) atoms. The highest BCUT2D eigenvalue weighted by Crippen LogP contribution is 2.10. The van der Waals surface area contributed by atoms with E-state index in [1.165, 1.54) is 5.56 Å². The smallest absolute Gasteiger partial charge is 0.0835 e. The van der Waals surface area contributed by atoms with Crippen LogP contribution in [0.5, 0.6) is 0 Å². The topological polar surface area (TPSA) is 56.7 Å². The number of aromatic nitrogens is 3. The Balaban J connectivity index is 1.68. The molecule has 4 nitrogen and oxygen atoms in total. The van der Waals surface area contributed by atoms with Gasteiger partial charge < -0.3 is 5.73 Å². The monoisotopic (exact) mass is 278 g/mol. The summed E-state index contributed by atoms with van der Waals surface area (Å²) in [7, 11) is 0. The van der Waals surface area contributed by atoms with Gasteiger partial charge in [-0.3, -0.25) is 0 Å². The molecule has 3 rings (SSSR count). The molecule has 0 fully saturated rings. The predicted molar refractivity (Wildman–Crippen MR) is 83.1 cm³/mol. The lowest BCUT2D eigenvalue weighted by molar-refractivity contribution is 0.793. The van der Waals surface area contributed by atoms with Crippen molar-refractivity contribution in [2.24, 2.45) is 5.73 Å². The molecule has 0 saturated heterocycles. The molecule has 0 aliphatic rings. The standard InChI is InChI=1S/C17H18N4/c18-12-15-7-10-17(11-8-15)21-13-16(19-20-21)9-6-14-4-2-1-3-5-14/h1-5,7-8,10-11,13H,6,9,12,18H2. The van der Waals surface area contributed by atoms with Gasteiger partial charge in [-0.1, -0.05) is 47.7 Å². The van der Waals surface area contributed by atoms with Gasteiger partial charge in [0.25, 0.3) is 0 Å². The van der Waals surface area contributed by atoms with Gasteiger partial charge in [-0.15, -0.1) is 5.10 Å². The summed E-state index contributed by atoms with van der Waals surface area (Å²) in [6.07, 6.45) is 3.86. The molecule has 0 saturated carbocycles. The van der Waals surface area contributed by atoms with Crippen LogP contribution in [0.25, 0.3) is 5.69 Å². The summed E-state index contributed by atoms with van der Waals surface area (Å²) in [6, 6.07) is 18.5. The highest BCUT2D eigenvalue weighted by Gasteiger charge is 2.03. The summed E-state index contributed by atoms with van der Waals surface area (Å²) in [5, 5.41) is 8.43. The van der Waals surface area contributed by atoms with E-state index in [0.717, 1.165) is 29.8 Å². The van der Waals surface area contributed by atoms with Crippen LogP contribution in [0, 0.1) is 0 Å². The average Bonchev–Trinajstić information content (AvgIpc) is 3.03. The zero-order valence-corrected chi connectivity index (χ0v) is 11.8. The van der Waals surface area contributed by atoms with Crippen molar-refractivity contribution in [3.05, 3.63) is 77.6 Å². The fourth-order valence-corrected chi connectivity index (χ4v) is 2.24. The van der Waals surface area contributed by atoms with Crippen LogP contribution < -0.4 is 5.73 Å². The maximum Gasteiger partial charge on any atom is 0.0835 e. The summed E-state index contributed by atoms with van der Waals surface area (Å²) in [6.45, 7) is 0.556. The quantitative estimate of drug-likeness (QED) is 0.780. The number of hydrogen-bond donors (Lipinski definition) is 1. The first-order chi connectivity index (χ1) is 10.3. The Kier molecular flexibility index (Phi) is 4.07. The van der Waals surface area contributed by atoms with E-state index in [2.05, 4.69) is 34.6 Å². The van der Waals surface area contributed by atoms with Crippen molar-refractivity contribution >= 4 is 0 Å².